The van der Waals surface area contributed by atoms with Gasteiger partial charge in [0, 0.05) is 0 Å². The van der Waals surface area contributed by atoms with Gasteiger partial charge in [0.1, 0.15) is 5.60 Å². The van der Waals surface area contributed by atoms with Crippen LogP contribution in [0.3, 0.4) is 0 Å². The quantitative estimate of drug-likeness (QED) is 0.746. The third-order valence-electron chi connectivity index (χ3n) is 1.74. The summed E-state index contributed by atoms with van der Waals surface area (Å²) in [5.41, 5.74) is 5.05. The molecule has 1 amide bonds. The summed E-state index contributed by atoms with van der Waals surface area (Å²) in [5.74, 6) is 0.404. The third kappa shape index (κ3) is 7.45. The molecule has 0 aliphatic rings. The molecule has 16 heavy (non-hydrogen) atoms. The predicted octanol–water partition coefficient (Wildman–Crippen LogP) is 2.21. The minimum absolute atomic E-state index is 0.291. The van der Waals surface area contributed by atoms with Crippen LogP contribution in [0, 0.1) is 5.92 Å². The van der Waals surface area contributed by atoms with Crippen LogP contribution in [-0.2, 0) is 4.74 Å². The van der Waals surface area contributed by atoms with Crippen LogP contribution in [0.5, 0.6) is 0 Å². The molecule has 0 aromatic rings. The topological polar surface area (TPSA) is 64.3 Å². The highest BCUT2D eigenvalue weighted by Gasteiger charge is 2.21. The lowest BCUT2D eigenvalue weighted by molar-refractivity contribution is 0.0514. The van der Waals surface area contributed by atoms with Crippen LogP contribution in [0.15, 0.2) is 0 Å². The Morgan fingerprint density at radius 1 is 1.44 bits per heavy atom. The summed E-state index contributed by atoms with van der Waals surface area (Å²) in [7, 11) is 0. The Morgan fingerprint density at radius 3 is 2.25 bits per heavy atom. The molecule has 0 aromatic heterocycles. The van der Waals surface area contributed by atoms with Gasteiger partial charge in [-0.2, -0.15) is 0 Å². The number of amides is 1. The summed E-state index contributed by atoms with van der Waals surface area (Å²) in [5, 5.41) is 2.68. The summed E-state index contributed by atoms with van der Waals surface area (Å²) in [6.45, 7) is 9.52. The van der Waals surface area contributed by atoms with E-state index in [1.807, 2.05) is 34.6 Å². The number of alkyl carbamates (subject to hydrolysis) is 1. The van der Waals surface area contributed by atoms with E-state index in [1.165, 1.54) is 0 Å². The van der Waals surface area contributed by atoms with Crippen LogP contribution in [-0.4, -0.2) is 22.7 Å². The minimum atomic E-state index is -0.511. The number of carbonyl (C=O) groups excluding carboxylic acids is 1. The summed E-state index contributed by atoms with van der Waals surface area (Å²) in [6, 6.07) is -0.301. The Hall–Kier alpha value is -0.840. The van der Waals surface area contributed by atoms with Crippen molar-refractivity contribution < 1.29 is 9.53 Å². The van der Waals surface area contributed by atoms with Gasteiger partial charge in [-0.3, -0.25) is 0 Å². The van der Waals surface area contributed by atoms with E-state index in [0.717, 1.165) is 0 Å². The molecular weight excluding hydrogens is 224 g/mol. The predicted molar refractivity (Wildman–Crippen MR) is 69.4 cm³/mol. The van der Waals surface area contributed by atoms with E-state index >= 15 is 0 Å². The third-order valence-corrected chi connectivity index (χ3v) is 2.03. The zero-order valence-corrected chi connectivity index (χ0v) is 11.5. The second-order valence-electron chi connectivity index (χ2n) is 5.23. The molecule has 94 valence electrons. The van der Waals surface area contributed by atoms with Crippen molar-refractivity contribution in [1.82, 2.24) is 5.32 Å². The Kier molecular flexibility index (Phi) is 5.72. The van der Waals surface area contributed by atoms with Crippen molar-refractivity contribution in [2.24, 2.45) is 11.7 Å². The molecule has 0 radical (unpaired) electrons. The van der Waals surface area contributed by atoms with E-state index in [2.05, 4.69) is 5.32 Å². The highest BCUT2D eigenvalue weighted by Crippen LogP contribution is 2.09. The van der Waals surface area contributed by atoms with Gasteiger partial charge in [0.25, 0.3) is 0 Å². The number of hydrogen-bond donors (Lipinski definition) is 2. The van der Waals surface area contributed by atoms with Crippen molar-refractivity contribution in [3.05, 3.63) is 0 Å². The first-order chi connectivity index (χ1) is 7.11. The molecule has 0 unspecified atom stereocenters. The van der Waals surface area contributed by atoms with Crippen molar-refractivity contribution in [3.63, 3.8) is 0 Å². The van der Waals surface area contributed by atoms with Gasteiger partial charge in [0.15, 0.2) is 0 Å². The van der Waals surface area contributed by atoms with Crippen LogP contribution < -0.4 is 11.1 Å². The maximum atomic E-state index is 11.5. The average molecular weight is 246 g/mol. The molecule has 1 atom stereocenters. The number of hydrogen-bond acceptors (Lipinski definition) is 3. The van der Waals surface area contributed by atoms with E-state index < -0.39 is 11.7 Å². The number of ether oxygens (including phenoxy) is 1. The fourth-order valence-corrected chi connectivity index (χ4v) is 1.32. The molecule has 0 rings (SSSR count). The minimum Gasteiger partial charge on any atom is -0.444 e. The van der Waals surface area contributed by atoms with Gasteiger partial charge in [-0.05, 0) is 33.1 Å². The standard InChI is InChI=1S/C11H22N2O2S/c1-7(2)6-8(9(12)16)13-10(14)15-11(3,4)5/h7-8H,6H2,1-5H3,(H2,12,16)(H,13,14)/t8-/m1/s1. The van der Waals surface area contributed by atoms with Gasteiger partial charge < -0.3 is 15.8 Å². The van der Waals surface area contributed by atoms with Crippen LogP contribution in [0.2, 0.25) is 0 Å². The molecule has 3 N–H and O–H groups in total. The van der Waals surface area contributed by atoms with E-state index in [-0.39, 0.29) is 6.04 Å². The van der Waals surface area contributed by atoms with E-state index in [0.29, 0.717) is 17.3 Å². The maximum absolute atomic E-state index is 11.5. The number of nitrogens with two attached hydrogens (primary N) is 1. The van der Waals surface area contributed by atoms with E-state index in [1.54, 1.807) is 0 Å². The van der Waals surface area contributed by atoms with Crippen LogP contribution >= 0.6 is 12.2 Å². The molecule has 0 saturated heterocycles. The van der Waals surface area contributed by atoms with Crippen LogP contribution in [0.4, 0.5) is 4.79 Å². The lowest BCUT2D eigenvalue weighted by atomic mass is 10.0. The molecule has 0 spiro atoms. The molecule has 0 fully saturated rings. The zero-order chi connectivity index (χ0) is 12.9. The smallest absolute Gasteiger partial charge is 0.408 e. The first-order valence-electron chi connectivity index (χ1n) is 5.40. The number of thiocarbonyl (C=S) groups is 1. The SMILES string of the molecule is CC(C)C[C@@H](NC(=O)OC(C)(C)C)C(N)=S. The Labute approximate surface area is 103 Å². The number of rotatable bonds is 4. The summed E-state index contributed by atoms with van der Waals surface area (Å²) in [6.07, 6.45) is 0.236. The van der Waals surface area contributed by atoms with Crippen LogP contribution in [0.1, 0.15) is 41.0 Å². The van der Waals surface area contributed by atoms with Crippen molar-refractivity contribution >= 4 is 23.3 Å². The Morgan fingerprint density at radius 2 is 1.94 bits per heavy atom. The molecule has 0 aromatic carbocycles. The molecule has 4 nitrogen and oxygen atoms in total. The first-order valence-corrected chi connectivity index (χ1v) is 5.81. The van der Waals surface area contributed by atoms with Crippen molar-refractivity contribution in [3.8, 4) is 0 Å². The van der Waals surface area contributed by atoms with Gasteiger partial charge in [0.2, 0.25) is 0 Å². The second-order valence-corrected chi connectivity index (χ2v) is 5.70. The van der Waals surface area contributed by atoms with Gasteiger partial charge >= 0.3 is 6.09 Å². The largest absolute Gasteiger partial charge is 0.444 e. The van der Waals surface area contributed by atoms with E-state index in [9.17, 15) is 4.79 Å². The van der Waals surface area contributed by atoms with Crippen molar-refractivity contribution in [2.75, 3.05) is 0 Å². The van der Waals surface area contributed by atoms with Crippen molar-refractivity contribution in [1.29, 1.82) is 0 Å². The number of carbonyl (C=O) groups is 1. The normalized spacial score (nSPS) is 13.4. The molecule has 5 heteroatoms. The lowest BCUT2D eigenvalue weighted by Crippen LogP contribution is -2.46. The Bertz CT molecular complexity index is 259. The highest BCUT2D eigenvalue weighted by molar-refractivity contribution is 7.80. The van der Waals surface area contributed by atoms with Gasteiger partial charge in [-0.15, -0.1) is 0 Å². The first kappa shape index (κ1) is 15.2. The van der Waals surface area contributed by atoms with E-state index in [4.69, 9.17) is 22.7 Å². The summed E-state index contributed by atoms with van der Waals surface area (Å²) in [4.78, 5) is 11.8. The molecule has 0 aliphatic carbocycles. The monoisotopic (exact) mass is 246 g/mol. The molecule has 0 heterocycles. The van der Waals surface area contributed by atoms with Crippen LogP contribution in [0.25, 0.3) is 0 Å². The molecule has 0 saturated carbocycles. The maximum Gasteiger partial charge on any atom is 0.408 e. The summed E-state index contributed by atoms with van der Waals surface area (Å²) < 4.78 is 5.13. The molecule has 0 aliphatic heterocycles. The second kappa shape index (κ2) is 6.03. The Balaban J connectivity index is 4.30. The number of nitrogens with one attached hydrogen (secondary N) is 1. The zero-order valence-electron chi connectivity index (χ0n) is 10.7. The molecule has 0 bridgehead atoms. The fraction of sp³-hybridized carbons (Fsp3) is 0.818. The van der Waals surface area contributed by atoms with Crippen molar-refractivity contribution in [2.45, 2.75) is 52.7 Å². The van der Waals surface area contributed by atoms with Gasteiger partial charge in [-0.1, -0.05) is 26.1 Å². The average Bonchev–Trinajstić information content (AvgIpc) is 1.97. The fourth-order valence-electron chi connectivity index (χ4n) is 1.17. The van der Waals surface area contributed by atoms with Gasteiger partial charge in [0.05, 0.1) is 11.0 Å². The van der Waals surface area contributed by atoms with Gasteiger partial charge in [-0.25, -0.2) is 4.79 Å². The lowest BCUT2D eigenvalue weighted by Gasteiger charge is -2.23. The highest BCUT2D eigenvalue weighted by atomic mass is 32.1. The molecular formula is C11H22N2O2S. The summed E-state index contributed by atoms with van der Waals surface area (Å²) >= 11 is 4.90.